The highest BCUT2D eigenvalue weighted by atomic mass is 32.2. The van der Waals surface area contributed by atoms with Gasteiger partial charge in [-0.05, 0) is 30.7 Å². The normalized spacial score (nSPS) is 11.7. The van der Waals surface area contributed by atoms with Gasteiger partial charge in [-0.15, -0.1) is 11.3 Å². The summed E-state index contributed by atoms with van der Waals surface area (Å²) in [6, 6.07) is 3.74. The van der Waals surface area contributed by atoms with E-state index in [2.05, 4.69) is 9.71 Å². The highest BCUT2D eigenvalue weighted by molar-refractivity contribution is 7.89. The summed E-state index contributed by atoms with van der Waals surface area (Å²) in [5.41, 5.74) is 0.308. The van der Waals surface area contributed by atoms with E-state index in [0.717, 1.165) is 11.1 Å². The van der Waals surface area contributed by atoms with E-state index in [-0.39, 0.29) is 11.4 Å². The van der Waals surface area contributed by atoms with Crippen LogP contribution in [0.25, 0.3) is 0 Å². The number of sulfonamides is 1. The molecule has 0 unspecified atom stereocenters. The SMILES string of the molecule is Cc1cc(S(=O)(=O)NCCc2nccs2)ccc1F. The second kappa shape index (κ2) is 5.77. The zero-order valence-electron chi connectivity index (χ0n) is 10.3. The predicted molar refractivity (Wildman–Crippen MR) is 72.1 cm³/mol. The van der Waals surface area contributed by atoms with Crippen LogP contribution in [0.15, 0.2) is 34.7 Å². The summed E-state index contributed by atoms with van der Waals surface area (Å²) in [5.74, 6) is -0.415. The van der Waals surface area contributed by atoms with Crippen LogP contribution in [0.1, 0.15) is 10.6 Å². The van der Waals surface area contributed by atoms with Gasteiger partial charge in [0.1, 0.15) is 5.82 Å². The van der Waals surface area contributed by atoms with Crippen molar-refractivity contribution in [1.82, 2.24) is 9.71 Å². The van der Waals surface area contributed by atoms with Gasteiger partial charge in [0.25, 0.3) is 0 Å². The summed E-state index contributed by atoms with van der Waals surface area (Å²) < 4.78 is 39.5. The van der Waals surface area contributed by atoms with E-state index in [1.807, 2.05) is 5.38 Å². The fraction of sp³-hybridized carbons (Fsp3) is 0.250. The molecule has 0 saturated heterocycles. The van der Waals surface area contributed by atoms with E-state index < -0.39 is 15.8 Å². The van der Waals surface area contributed by atoms with Crippen LogP contribution in [0.4, 0.5) is 4.39 Å². The minimum Gasteiger partial charge on any atom is -0.250 e. The molecule has 1 aromatic heterocycles. The Labute approximate surface area is 115 Å². The molecule has 2 aromatic rings. The van der Waals surface area contributed by atoms with E-state index in [4.69, 9.17) is 0 Å². The molecule has 0 fully saturated rings. The topological polar surface area (TPSA) is 59.1 Å². The fourth-order valence-electron chi connectivity index (χ4n) is 1.54. The lowest BCUT2D eigenvalue weighted by Crippen LogP contribution is -2.26. The second-order valence-electron chi connectivity index (χ2n) is 3.98. The van der Waals surface area contributed by atoms with Crippen LogP contribution in [-0.2, 0) is 16.4 Å². The number of nitrogens with zero attached hydrogens (tertiary/aromatic N) is 1. The minimum absolute atomic E-state index is 0.0746. The van der Waals surface area contributed by atoms with Crippen LogP contribution in [-0.4, -0.2) is 19.9 Å². The number of benzene rings is 1. The Morgan fingerprint density at radius 2 is 2.21 bits per heavy atom. The van der Waals surface area contributed by atoms with Gasteiger partial charge < -0.3 is 0 Å². The molecule has 0 radical (unpaired) electrons. The molecule has 0 amide bonds. The lowest BCUT2D eigenvalue weighted by molar-refractivity contribution is 0.580. The summed E-state index contributed by atoms with van der Waals surface area (Å²) in [6.45, 7) is 1.80. The van der Waals surface area contributed by atoms with Crippen molar-refractivity contribution in [3.05, 3.63) is 46.2 Å². The first-order valence-electron chi connectivity index (χ1n) is 5.63. The van der Waals surface area contributed by atoms with Gasteiger partial charge in [0.05, 0.1) is 9.90 Å². The van der Waals surface area contributed by atoms with Crippen molar-refractivity contribution in [2.45, 2.75) is 18.2 Å². The first-order chi connectivity index (χ1) is 8.99. The van der Waals surface area contributed by atoms with Crippen molar-refractivity contribution in [2.24, 2.45) is 0 Å². The molecule has 7 heteroatoms. The summed E-state index contributed by atoms with van der Waals surface area (Å²) >= 11 is 1.48. The van der Waals surface area contributed by atoms with Crippen LogP contribution < -0.4 is 4.72 Å². The van der Waals surface area contributed by atoms with Gasteiger partial charge >= 0.3 is 0 Å². The number of nitrogens with one attached hydrogen (secondary N) is 1. The Kier molecular flexibility index (Phi) is 4.28. The van der Waals surface area contributed by atoms with Crippen LogP contribution in [0, 0.1) is 12.7 Å². The average molecular weight is 300 g/mol. The summed E-state index contributed by atoms with van der Waals surface area (Å²) in [6.07, 6.45) is 2.22. The molecule has 1 N–H and O–H groups in total. The van der Waals surface area contributed by atoms with Gasteiger partial charge in [0.2, 0.25) is 10.0 Å². The maximum Gasteiger partial charge on any atom is 0.240 e. The summed E-state index contributed by atoms with van der Waals surface area (Å²) in [7, 11) is -3.59. The first-order valence-corrected chi connectivity index (χ1v) is 7.99. The molecule has 1 aromatic carbocycles. The van der Waals surface area contributed by atoms with Crippen molar-refractivity contribution in [3.8, 4) is 0 Å². The van der Waals surface area contributed by atoms with Crippen LogP contribution in [0.2, 0.25) is 0 Å². The maximum absolute atomic E-state index is 13.1. The number of hydrogen-bond acceptors (Lipinski definition) is 4. The van der Waals surface area contributed by atoms with Crippen LogP contribution >= 0.6 is 11.3 Å². The van der Waals surface area contributed by atoms with E-state index >= 15 is 0 Å². The third-order valence-corrected chi connectivity index (χ3v) is 4.85. The average Bonchev–Trinajstić information content (AvgIpc) is 2.85. The Balaban J connectivity index is 2.03. The summed E-state index contributed by atoms with van der Waals surface area (Å²) in [5, 5.41) is 2.71. The van der Waals surface area contributed by atoms with Crippen molar-refractivity contribution in [2.75, 3.05) is 6.54 Å². The summed E-state index contributed by atoms with van der Waals surface area (Å²) in [4.78, 5) is 4.14. The van der Waals surface area contributed by atoms with Gasteiger partial charge in [0, 0.05) is 24.5 Å². The van der Waals surface area contributed by atoms with Crippen LogP contribution in [0.3, 0.4) is 0 Å². The molecule has 4 nitrogen and oxygen atoms in total. The van der Waals surface area contributed by atoms with Crippen molar-refractivity contribution in [1.29, 1.82) is 0 Å². The zero-order valence-corrected chi connectivity index (χ0v) is 11.9. The molecule has 0 aliphatic heterocycles. The fourth-order valence-corrected chi connectivity index (χ4v) is 3.27. The molecule has 1 heterocycles. The van der Waals surface area contributed by atoms with E-state index in [1.54, 1.807) is 6.20 Å². The molecule has 2 rings (SSSR count). The largest absolute Gasteiger partial charge is 0.250 e. The molecule has 0 atom stereocenters. The van der Waals surface area contributed by atoms with E-state index in [9.17, 15) is 12.8 Å². The second-order valence-corrected chi connectivity index (χ2v) is 6.73. The molecular formula is C12H13FN2O2S2. The third-order valence-electron chi connectivity index (χ3n) is 2.55. The number of thiazole rings is 1. The Hall–Kier alpha value is -1.31. The number of aromatic nitrogens is 1. The van der Waals surface area contributed by atoms with Gasteiger partial charge in [-0.1, -0.05) is 0 Å². The van der Waals surface area contributed by atoms with Gasteiger partial charge in [-0.25, -0.2) is 22.5 Å². The highest BCUT2D eigenvalue weighted by Gasteiger charge is 2.14. The zero-order chi connectivity index (χ0) is 13.9. The van der Waals surface area contributed by atoms with Crippen molar-refractivity contribution in [3.63, 3.8) is 0 Å². The van der Waals surface area contributed by atoms with E-state index in [1.165, 1.54) is 30.4 Å². The Morgan fingerprint density at radius 1 is 1.42 bits per heavy atom. The molecule has 19 heavy (non-hydrogen) atoms. The van der Waals surface area contributed by atoms with Gasteiger partial charge in [0.15, 0.2) is 0 Å². The van der Waals surface area contributed by atoms with Gasteiger partial charge in [-0.3, -0.25) is 0 Å². The van der Waals surface area contributed by atoms with Crippen LogP contribution in [0.5, 0.6) is 0 Å². The van der Waals surface area contributed by atoms with Crippen molar-refractivity contribution >= 4 is 21.4 Å². The Bertz CT molecular complexity index is 654. The highest BCUT2D eigenvalue weighted by Crippen LogP contribution is 2.14. The van der Waals surface area contributed by atoms with E-state index in [0.29, 0.717) is 12.0 Å². The quantitative estimate of drug-likeness (QED) is 0.920. The molecule has 0 bridgehead atoms. The Morgan fingerprint density at radius 3 is 2.84 bits per heavy atom. The molecule has 0 spiro atoms. The first kappa shape index (κ1) is 14.1. The third kappa shape index (κ3) is 3.59. The monoisotopic (exact) mass is 300 g/mol. The molecule has 0 aliphatic rings. The molecule has 0 saturated carbocycles. The maximum atomic E-state index is 13.1. The number of halogens is 1. The number of aryl methyl sites for hydroxylation is 1. The standard InChI is InChI=1S/C12H13FN2O2S2/c1-9-8-10(2-3-11(9)13)19(16,17)15-5-4-12-14-6-7-18-12/h2-3,6-8,15H,4-5H2,1H3. The van der Waals surface area contributed by atoms with Gasteiger partial charge in [-0.2, -0.15) is 0 Å². The lowest BCUT2D eigenvalue weighted by Gasteiger charge is -2.07. The minimum atomic E-state index is -3.59. The smallest absolute Gasteiger partial charge is 0.240 e. The lowest BCUT2D eigenvalue weighted by atomic mass is 10.2. The number of rotatable bonds is 5. The van der Waals surface area contributed by atoms with Crippen molar-refractivity contribution < 1.29 is 12.8 Å². The molecular weight excluding hydrogens is 287 g/mol. The number of hydrogen-bond donors (Lipinski definition) is 1. The molecule has 0 aliphatic carbocycles. The predicted octanol–water partition coefficient (Wildman–Crippen LogP) is 2.11. The molecule has 102 valence electrons.